The first-order chi connectivity index (χ1) is 10.5. The maximum Gasteiger partial charge on any atom is 0.345 e. The highest BCUT2D eigenvalue weighted by atomic mass is 32.1. The summed E-state index contributed by atoms with van der Waals surface area (Å²) in [6.07, 6.45) is 0. The molecule has 2 aromatic heterocycles. The summed E-state index contributed by atoms with van der Waals surface area (Å²) >= 11 is 2.14. The molecule has 0 bridgehead atoms. The van der Waals surface area contributed by atoms with Crippen molar-refractivity contribution in [1.82, 2.24) is 0 Å². The Labute approximate surface area is 132 Å². The van der Waals surface area contributed by atoms with E-state index in [-0.39, 0.29) is 9.75 Å². The third-order valence-corrected chi connectivity index (χ3v) is 5.44. The van der Waals surface area contributed by atoms with Crippen molar-refractivity contribution in [2.45, 2.75) is 0 Å². The Kier molecular flexibility index (Phi) is 3.42. The average Bonchev–Trinajstić information content (AvgIpc) is 3.08. The van der Waals surface area contributed by atoms with Gasteiger partial charge in [0.25, 0.3) is 0 Å². The molecule has 0 aliphatic heterocycles. The smallest absolute Gasteiger partial charge is 0.345 e. The van der Waals surface area contributed by atoms with E-state index < -0.39 is 11.9 Å². The number of fused-ring (bicyclic) bond motifs is 2. The van der Waals surface area contributed by atoms with E-state index in [0.29, 0.717) is 31.7 Å². The number of carboxylic acids is 2. The van der Waals surface area contributed by atoms with E-state index in [1.165, 1.54) is 26.4 Å². The van der Waals surface area contributed by atoms with Crippen LogP contribution in [0.2, 0.25) is 0 Å². The Hall–Kier alpha value is -2.32. The predicted octanol–water partition coefficient (Wildman–Crippen LogP) is 3.53. The van der Waals surface area contributed by atoms with Crippen LogP contribution in [0.4, 0.5) is 0 Å². The molecule has 2 N–H and O–H groups in total. The van der Waals surface area contributed by atoms with Crippen molar-refractivity contribution in [2.75, 3.05) is 14.2 Å². The number of hydrogen-bond acceptors (Lipinski definition) is 6. The van der Waals surface area contributed by atoms with E-state index in [1.807, 2.05) is 0 Å². The molecular weight excluding hydrogens is 328 g/mol. The SMILES string of the molecule is COc1c2cc(C(=O)O)sc2c(OC)c2cc(C(=O)O)sc12. The van der Waals surface area contributed by atoms with E-state index >= 15 is 0 Å². The van der Waals surface area contributed by atoms with E-state index in [1.54, 1.807) is 0 Å². The number of rotatable bonds is 4. The number of hydrogen-bond donors (Lipinski definition) is 2. The van der Waals surface area contributed by atoms with Gasteiger partial charge < -0.3 is 19.7 Å². The van der Waals surface area contributed by atoms with Gasteiger partial charge in [-0.2, -0.15) is 0 Å². The van der Waals surface area contributed by atoms with Crippen LogP contribution >= 0.6 is 22.7 Å². The van der Waals surface area contributed by atoms with Gasteiger partial charge in [0.05, 0.1) is 23.6 Å². The lowest BCUT2D eigenvalue weighted by atomic mass is 10.1. The van der Waals surface area contributed by atoms with Gasteiger partial charge in [-0.1, -0.05) is 0 Å². The standard InChI is InChI=1S/C14H10O6S2/c1-19-9-5-3-7(13(15)16)22-12(5)10(20-2)6-4-8(14(17)18)21-11(6)9/h3-4H,1-2H3,(H,15,16)(H,17,18). The van der Waals surface area contributed by atoms with Crippen molar-refractivity contribution in [2.24, 2.45) is 0 Å². The molecular formula is C14H10O6S2. The number of aromatic carboxylic acids is 2. The van der Waals surface area contributed by atoms with Crippen molar-refractivity contribution in [3.8, 4) is 11.5 Å². The van der Waals surface area contributed by atoms with Crippen LogP contribution in [-0.2, 0) is 0 Å². The van der Waals surface area contributed by atoms with E-state index in [9.17, 15) is 19.8 Å². The van der Waals surface area contributed by atoms with Gasteiger partial charge in [0.1, 0.15) is 21.3 Å². The molecule has 0 aliphatic carbocycles. The van der Waals surface area contributed by atoms with Crippen LogP contribution in [0.15, 0.2) is 12.1 Å². The molecule has 0 saturated carbocycles. The van der Waals surface area contributed by atoms with Gasteiger partial charge in [-0.05, 0) is 12.1 Å². The summed E-state index contributed by atoms with van der Waals surface area (Å²) in [6, 6.07) is 3.03. The third-order valence-electron chi connectivity index (χ3n) is 3.20. The number of carbonyl (C=O) groups is 2. The van der Waals surface area contributed by atoms with Crippen LogP contribution in [0.25, 0.3) is 20.2 Å². The molecule has 0 fully saturated rings. The van der Waals surface area contributed by atoms with Crippen LogP contribution in [0.1, 0.15) is 19.3 Å². The molecule has 0 aliphatic rings. The topological polar surface area (TPSA) is 93.1 Å². The van der Waals surface area contributed by atoms with Crippen molar-refractivity contribution in [1.29, 1.82) is 0 Å². The van der Waals surface area contributed by atoms with E-state index in [4.69, 9.17) is 9.47 Å². The van der Waals surface area contributed by atoms with Gasteiger partial charge in [-0.15, -0.1) is 22.7 Å². The highest BCUT2D eigenvalue weighted by molar-refractivity contribution is 7.23. The molecule has 8 heteroatoms. The molecule has 0 amide bonds. The summed E-state index contributed by atoms with van der Waals surface area (Å²) in [4.78, 5) is 22.7. The van der Waals surface area contributed by atoms with Gasteiger partial charge in [0.2, 0.25) is 0 Å². The van der Waals surface area contributed by atoms with Crippen LogP contribution in [-0.4, -0.2) is 36.4 Å². The fourth-order valence-corrected chi connectivity index (χ4v) is 4.38. The maximum atomic E-state index is 11.2. The monoisotopic (exact) mass is 338 g/mol. The highest BCUT2D eigenvalue weighted by Gasteiger charge is 2.23. The van der Waals surface area contributed by atoms with Crippen LogP contribution in [0, 0.1) is 0 Å². The zero-order chi connectivity index (χ0) is 16.0. The van der Waals surface area contributed by atoms with E-state index in [0.717, 1.165) is 22.7 Å². The van der Waals surface area contributed by atoms with Gasteiger partial charge in [0, 0.05) is 10.8 Å². The van der Waals surface area contributed by atoms with E-state index in [2.05, 4.69) is 0 Å². The first-order valence-electron chi connectivity index (χ1n) is 6.05. The zero-order valence-corrected chi connectivity index (χ0v) is 13.1. The van der Waals surface area contributed by atoms with Crippen molar-refractivity contribution < 1.29 is 29.3 Å². The lowest BCUT2D eigenvalue weighted by Gasteiger charge is -2.08. The van der Waals surface area contributed by atoms with Crippen molar-refractivity contribution in [3.63, 3.8) is 0 Å². The summed E-state index contributed by atoms with van der Waals surface area (Å²) in [5, 5.41) is 19.6. The maximum absolute atomic E-state index is 11.2. The second-order valence-electron chi connectivity index (χ2n) is 4.38. The predicted molar refractivity (Wildman–Crippen MR) is 84.2 cm³/mol. The largest absolute Gasteiger partial charge is 0.495 e. The van der Waals surface area contributed by atoms with Crippen molar-refractivity contribution in [3.05, 3.63) is 21.9 Å². The van der Waals surface area contributed by atoms with Gasteiger partial charge >= 0.3 is 11.9 Å². The lowest BCUT2D eigenvalue weighted by molar-refractivity contribution is 0.0691. The van der Waals surface area contributed by atoms with Crippen LogP contribution < -0.4 is 9.47 Å². The minimum Gasteiger partial charge on any atom is -0.495 e. The fraction of sp³-hybridized carbons (Fsp3) is 0.143. The Morgan fingerprint density at radius 2 is 1.23 bits per heavy atom. The summed E-state index contributed by atoms with van der Waals surface area (Å²) in [7, 11) is 2.94. The summed E-state index contributed by atoms with van der Waals surface area (Å²) < 4.78 is 12.1. The molecule has 0 saturated heterocycles. The molecule has 0 unspecified atom stereocenters. The fourth-order valence-electron chi connectivity index (χ4n) is 2.32. The summed E-state index contributed by atoms with van der Waals surface area (Å²) in [6.45, 7) is 0. The minimum absolute atomic E-state index is 0.169. The first-order valence-corrected chi connectivity index (χ1v) is 7.68. The Balaban J connectivity index is 2.49. The van der Waals surface area contributed by atoms with Crippen LogP contribution in [0.3, 0.4) is 0 Å². The van der Waals surface area contributed by atoms with Gasteiger partial charge in [0.15, 0.2) is 0 Å². The molecule has 1 aromatic carbocycles. The Morgan fingerprint density at radius 3 is 1.50 bits per heavy atom. The second kappa shape index (κ2) is 5.15. The molecule has 3 aromatic rings. The average molecular weight is 338 g/mol. The molecule has 6 nitrogen and oxygen atoms in total. The molecule has 3 rings (SSSR count). The molecule has 114 valence electrons. The first kappa shape index (κ1) is 14.6. The quantitative estimate of drug-likeness (QED) is 0.756. The summed E-state index contributed by atoms with van der Waals surface area (Å²) in [5.74, 6) is -1.13. The molecule has 22 heavy (non-hydrogen) atoms. The number of thiophene rings is 2. The second-order valence-corrected chi connectivity index (χ2v) is 6.49. The number of methoxy groups -OCH3 is 2. The Morgan fingerprint density at radius 1 is 0.864 bits per heavy atom. The lowest BCUT2D eigenvalue weighted by Crippen LogP contribution is -1.90. The molecule has 0 atom stereocenters. The van der Waals surface area contributed by atoms with Crippen LogP contribution in [0.5, 0.6) is 11.5 Å². The van der Waals surface area contributed by atoms with Gasteiger partial charge in [-0.25, -0.2) is 9.59 Å². The summed E-state index contributed by atoms with van der Waals surface area (Å²) in [5.41, 5.74) is 0. The van der Waals surface area contributed by atoms with Gasteiger partial charge in [-0.3, -0.25) is 0 Å². The number of benzene rings is 1. The van der Waals surface area contributed by atoms with Crippen molar-refractivity contribution >= 4 is 54.8 Å². The number of carboxylic acid groups (broad SMARTS) is 2. The zero-order valence-electron chi connectivity index (χ0n) is 11.5. The third kappa shape index (κ3) is 1.99. The minimum atomic E-state index is -1.03. The molecule has 0 radical (unpaired) electrons. The highest BCUT2D eigenvalue weighted by Crippen LogP contribution is 2.49. The molecule has 2 heterocycles. The Bertz CT molecular complexity index is 792. The molecule has 0 spiro atoms. The number of ether oxygens (including phenoxy) is 2. The normalized spacial score (nSPS) is 11.0.